The first-order valence-electron chi connectivity index (χ1n) is 9.64. The number of hydrogen-bond acceptors (Lipinski definition) is 0. The summed E-state index contributed by atoms with van der Waals surface area (Å²) in [7, 11) is -1.19. The molecule has 1 heteroatoms. The maximum Gasteiger partial charge on any atom is 0.103 e. The van der Waals surface area contributed by atoms with E-state index in [0.29, 0.717) is 0 Å². The SMILES string of the molecule is c1ccc(-c2ccc(CC[SiH](c3ccccc3)c3ccccc3)cc2)cc1. The van der Waals surface area contributed by atoms with Crippen LogP contribution >= 0.6 is 0 Å². The number of aryl methyl sites for hydroxylation is 1. The lowest BCUT2D eigenvalue weighted by Gasteiger charge is -2.16. The molecule has 0 radical (unpaired) electrons. The van der Waals surface area contributed by atoms with E-state index >= 15 is 0 Å². The minimum atomic E-state index is -1.19. The van der Waals surface area contributed by atoms with Crippen LogP contribution in [-0.4, -0.2) is 8.80 Å². The van der Waals surface area contributed by atoms with Gasteiger partial charge in [-0.3, -0.25) is 0 Å². The van der Waals surface area contributed by atoms with E-state index in [4.69, 9.17) is 0 Å². The zero-order valence-corrected chi connectivity index (χ0v) is 16.6. The molecule has 4 rings (SSSR count). The lowest BCUT2D eigenvalue weighted by Crippen LogP contribution is -2.42. The summed E-state index contributed by atoms with van der Waals surface area (Å²) in [5.74, 6) is 0. The highest BCUT2D eigenvalue weighted by molar-refractivity contribution is 6.85. The third-order valence-electron chi connectivity index (χ3n) is 5.19. The van der Waals surface area contributed by atoms with Crippen LogP contribution in [0, 0.1) is 0 Å². The van der Waals surface area contributed by atoms with E-state index in [1.807, 2.05) is 0 Å². The summed E-state index contributed by atoms with van der Waals surface area (Å²) in [6.45, 7) is 0. The Labute approximate surface area is 163 Å². The Bertz CT molecular complexity index is 906. The van der Waals surface area contributed by atoms with Gasteiger partial charge in [0.2, 0.25) is 0 Å². The van der Waals surface area contributed by atoms with Crippen LogP contribution in [0.2, 0.25) is 6.04 Å². The topological polar surface area (TPSA) is 0 Å². The Morgan fingerprint density at radius 3 is 1.41 bits per heavy atom. The Morgan fingerprint density at radius 2 is 0.889 bits per heavy atom. The summed E-state index contributed by atoms with van der Waals surface area (Å²) < 4.78 is 0. The Balaban J connectivity index is 1.51. The fourth-order valence-corrected chi connectivity index (χ4v) is 6.75. The molecule has 0 fully saturated rings. The Morgan fingerprint density at radius 1 is 0.444 bits per heavy atom. The van der Waals surface area contributed by atoms with E-state index in [9.17, 15) is 0 Å². The summed E-state index contributed by atoms with van der Waals surface area (Å²) in [6.07, 6.45) is 1.13. The molecule has 4 aromatic rings. The van der Waals surface area contributed by atoms with Crippen molar-refractivity contribution in [2.24, 2.45) is 0 Å². The molecule has 4 aromatic carbocycles. The molecule has 0 aliphatic carbocycles. The van der Waals surface area contributed by atoms with Gasteiger partial charge in [-0.15, -0.1) is 0 Å². The van der Waals surface area contributed by atoms with Gasteiger partial charge in [-0.25, -0.2) is 0 Å². The fourth-order valence-electron chi connectivity index (χ4n) is 3.70. The van der Waals surface area contributed by atoms with Crippen molar-refractivity contribution in [3.8, 4) is 11.1 Å². The number of hydrogen-bond donors (Lipinski definition) is 0. The van der Waals surface area contributed by atoms with E-state index in [0.717, 1.165) is 6.42 Å². The monoisotopic (exact) mass is 364 g/mol. The van der Waals surface area contributed by atoms with Crippen LogP contribution in [0.4, 0.5) is 0 Å². The van der Waals surface area contributed by atoms with Crippen LogP contribution in [0.25, 0.3) is 11.1 Å². The molecule has 0 aliphatic heterocycles. The van der Waals surface area contributed by atoms with Gasteiger partial charge < -0.3 is 0 Å². The maximum atomic E-state index is 2.31. The van der Waals surface area contributed by atoms with Crippen LogP contribution in [-0.2, 0) is 6.42 Å². The van der Waals surface area contributed by atoms with Crippen molar-refractivity contribution in [2.45, 2.75) is 12.5 Å². The molecular weight excluding hydrogens is 340 g/mol. The van der Waals surface area contributed by atoms with Crippen molar-refractivity contribution in [3.63, 3.8) is 0 Å². The van der Waals surface area contributed by atoms with Gasteiger partial charge in [-0.05, 0) is 29.2 Å². The van der Waals surface area contributed by atoms with Gasteiger partial charge in [0.25, 0.3) is 0 Å². The van der Waals surface area contributed by atoms with Crippen molar-refractivity contribution >= 4 is 19.2 Å². The fraction of sp³-hybridized carbons (Fsp3) is 0.0769. The standard InChI is InChI=1S/C26H24Si/c1-4-10-23(11-5-1)24-18-16-22(17-19-24)20-21-27(25-12-6-2-7-13-25)26-14-8-3-9-15-26/h1-19,27H,20-21H2. The Kier molecular flexibility index (Phi) is 5.61. The van der Waals surface area contributed by atoms with E-state index in [2.05, 4.69) is 115 Å². The van der Waals surface area contributed by atoms with Gasteiger partial charge >= 0.3 is 0 Å². The third kappa shape index (κ3) is 4.44. The molecule has 0 amide bonds. The van der Waals surface area contributed by atoms with Crippen LogP contribution in [0.3, 0.4) is 0 Å². The molecule has 27 heavy (non-hydrogen) atoms. The molecule has 0 atom stereocenters. The van der Waals surface area contributed by atoms with Gasteiger partial charge in [0.05, 0.1) is 0 Å². The average molecular weight is 365 g/mol. The summed E-state index contributed by atoms with van der Waals surface area (Å²) in [6, 6.07) is 43.1. The predicted molar refractivity (Wildman–Crippen MR) is 120 cm³/mol. The smallest absolute Gasteiger partial charge is 0.0629 e. The molecule has 0 unspecified atom stereocenters. The van der Waals surface area contributed by atoms with Crippen molar-refractivity contribution in [1.82, 2.24) is 0 Å². The molecule has 0 nitrogen and oxygen atoms in total. The normalized spacial score (nSPS) is 10.9. The van der Waals surface area contributed by atoms with Crippen LogP contribution in [0.1, 0.15) is 5.56 Å². The number of benzene rings is 4. The molecule has 0 spiro atoms. The lowest BCUT2D eigenvalue weighted by molar-refractivity contribution is 1.12. The Hall–Kier alpha value is -2.90. The van der Waals surface area contributed by atoms with Crippen molar-refractivity contribution in [1.29, 1.82) is 0 Å². The summed E-state index contributed by atoms with van der Waals surface area (Å²) in [5.41, 5.74) is 4.00. The van der Waals surface area contributed by atoms with Crippen molar-refractivity contribution in [3.05, 3.63) is 121 Å². The third-order valence-corrected chi connectivity index (χ3v) is 8.43. The van der Waals surface area contributed by atoms with E-state index in [-0.39, 0.29) is 0 Å². The van der Waals surface area contributed by atoms with Gasteiger partial charge in [0, 0.05) is 0 Å². The second kappa shape index (κ2) is 8.66. The summed E-state index contributed by atoms with van der Waals surface area (Å²) >= 11 is 0. The first-order valence-corrected chi connectivity index (χ1v) is 11.6. The molecule has 0 aromatic heterocycles. The molecule has 0 heterocycles. The summed E-state index contributed by atoms with van der Waals surface area (Å²) in [5, 5.41) is 3.06. The molecule has 0 aliphatic rings. The zero-order valence-electron chi connectivity index (χ0n) is 15.5. The highest BCUT2D eigenvalue weighted by Crippen LogP contribution is 2.20. The molecule has 0 N–H and O–H groups in total. The minimum absolute atomic E-state index is 1.13. The summed E-state index contributed by atoms with van der Waals surface area (Å²) in [4.78, 5) is 0. The van der Waals surface area contributed by atoms with Gasteiger partial charge in [0.1, 0.15) is 8.80 Å². The van der Waals surface area contributed by atoms with Crippen LogP contribution in [0.5, 0.6) is 0 Å². The molecular formula is C26H24Si. The van der Waals surface area contributed by atoms with Crippen LogP contribution in [0.15, 0.2) is 115 Å². The van der Waals surface area contributed by atoms with Gasteiger partial charge in [0.15, 0.2) is 0 Å². The molecule has 0 saturated heterocycles. The van der Waals surface area contributed by atoms with Crippen molar-refractivity contribution in [2.75, 3.05) is 0 Å². The second-order valence-corrected chi connectivity index (χ2v) is 9.99. The first kappa shape index (κ1) is 17.5. The number of rotatable bonds is 6. The maximum absolute atomic E-state index is 2.31. The van der Waals surface area contributed by atoms with E-state index < -0.39 is 8.80 Å². The zero-order chi connectivity index (χ0) is 18.3. The molecule has 0 saturated carbocycles. The first-order chi connectivity index (χ1) is 13.4. The average Bonchev–Trinajstić information content (AvgIpc) is 2.76. The minimum Gasteiger partial charge on any atom is -0.0629 e. The quantitative estimate of drug-likeness (QED) is 0.425. The van der Waals surface area contributed by atoms with E-state index in [1.54, 1.807) is 0 Å². The largest absolute Gasteiger partial charge is 0.103 e. The second-order valence-electron chi connectivity index (χ2n) is 6.98. The van der Waals surface area contributed by atoms with E-state index in [1.165, 1.54) is 33.1 Å². The highest BCUT2D eigenvalue weighted by atomic mass is 28.3. The van der Waals surface area contributed by atoms with Gasteiger partial charge in [-0.2, -0.15) is 0 Å². The van der Waals surface area contributed by atoms with Crippen molar-refractivity contribution < 1.29 is 0 Å². The molecule has 132 valence electrons. The van der Waals surface area contributed by atoms with Crippen LogP contribution < -0.4 is 10.4 Å². The predicted octanol–water partition coefficient (Wildman–Crippen LogP) is 4.94. The van der Waals surface area contributed by atoms with Gasteiger partial charge in [-0.1, -0.05) is 126 Å². The molecule has 0 bridgehead atoms. The highest BCUT2D eigenvalue weighted by Gasteiger charge is 2.15. The lowest BCUT2D eigenvalue weighted by atomic mass is 10.0.